The summed E-state index contributed by atoms with van der Waals surface area (Å²) in [4.78, 5) is 41.4. The Morgan fingerprint density at radius 1 is 1.11 bits per heavy atom. The molecule has 1 unspecified atom stereocenters. The second-order valence-corrected chi connectivity index (χ2v) is 7.68. The lowest BCUT2D eigenvalue weighted by molar-refractivity contribution is -0.135. The van der Waals surface area contributed by atoms with Gasteiger partial charge in [-0.2, -0.15) is 0 Å². The van der Waals surface area contributed by atoms with E-state index in [4.69, 9.17) is 4.74 Å². The number of methoxy groups -OCH3 is 1. The number of benzene rings is 1. The number of carbonyl (C=O) groups is 3. The zero-order chi connectivity index (χ0) is 19.9. The molecule has 2 aliphatic heterocycles. The molecule has 28 heavy (non-hydrogen) atoms. The van der Waals surface area contributed by atoms with Crippen LogP contribution >= 0.6 is 0 Å². The van der Waals surface area contributed by atoms with E-state index in [0.717, 1.165) is 38.6 Å². The van der Waals surface area contributed by atoms with Gasteiger partial charge in [-0.3, -0.25) is 14.4 Å². The van der Waals surface area contributed by atoms with E-state index in [1.807, 2.05) is 17.0 Å². The van der Waals surface area contributed by atoms with E-state index in [0.29, 0.717) is 43.8 Å². The van der Waals surface area contributed by atoms with Gasteiger partial charge in [-0.05, 0) is 37.8 Å². The Kier molecular flexibility index (Phi) is 7.06. The fourth-order valence-corrected chi connectivity index (χ4v) is 4.15. The third-order valence-electron chi connectivity index (χ3n) is 5.78. The molecule has 2 aliphatic rings. The lowest BCUT2D eigenvalue weighted by Gasteiger charge is -2.33. The van der Waals surface area contributed by atoms with Crippen LogP contribution in [0.1, 0.15) is 55.3 Å². The smallest absolute Gasteiger partial charge is 0.224 e. The first-order chi connectivity index (χ1) is 13.6. The number of amides is 2. The van der Waals surface area contributed by atoms with Crippen molar-refractivity contribution in [3.05, 3.63) is 29.8 Å². The van der Waals surface area contributed by atoms with Crippen LogP contribution in [0.4, 0.5) is 0 Å². The van der Waals surface area contributed by atoms with Crippen molar-refractivity contribution in [1.29, 1.82) is 0 Å². The summed E-state index contributed by atoms with van der Waals surface area (Å²) in [5.41, 5.74) is 0.583. The fraction of sp³-hybridized carbons (Fsp3) is 0.591. The zero-order valence-corrected chi connectivity index (χ0v) is 16.7. The van der Waals surface area contributed by atoms with Crippen molar-refractivity contribution in [2.24, 2.45) is 5.92 Å². The number of Topliss-reactive ketones (excluding diaryl/α,β-unsaturated/α-hetero) is 1. The number of rotatable bonds is 6. The van der Waals surface area contributed by atoms with Gasteiger partial charge in [-0.25, -0.2) is 0 Å². The molecule has 0 radical (unpaired) electrons. The lowest BCUT2D eigenvalue weighted by atomic mass is 9.89. The molecule has 152 valence electrons. The van der Waals surface area contributed by atoms with E-state index < -0.39 is 0 Å². The Balaban J connectivity index is 1.57. The lowest BCUT2D eigenvalue weighted by Crippen LogP contribution is -2.43. The van der Waals surface area contributed by atoms with Gasteiger partial charge in [0.05, 0.1) is 12.7 Å². The molecule has 0 N–H and O–H groups in total. The molecule has 2 heterocycles. The molecule has 2 amide bonds. The number of carbonyl (C=O) groups excluding carboxylic acids is 3. The van der Waals surface area contributed by atoms with E-state index in [1.165, 1.54) is 0 Å². The third kappa shape index (κ3) is 4.91. The van der Waals surface area contributed by atoms with Gasteiger partial charge in [0.15, 0.2) is 5.78 Å². The molecule has 6 nitrogen and oxygen atoms in total. The monoisotopic (exact) mass is 386 g/mol. The predicted molar refractivity (Wildman–Crippen MR) is 106 cm³/mol. The normalized spacial score (nSPS) is 20.6. The molecule has 0 aromatic heterocycles. The van der Waals surface area contributed by atoms with Crippen LogP contribution in [-0.4, -0.2) is 60.7 Å². The van der Waals surface area contributed by atoms with E-state index in [-0.39, 0.29) is 23.5 Å². The minimum Gasteiger partial charge on any atom is -0.496 e. The number of hydrogen-bond acceptors (Lipinski definition) is 4. The van der Waals surface area contributed by atoms with Crippen LogP contribution in [0.3, 0.4) is 0 Å². The highest BCUT2D eigenvalue weighted by molar-refractivity contribution is 6.00. The molecule has 0 bridgehead atoms. The zero-order valence-electron chi connectivity index (χ0n) is 16.7. The summed E-state index contributed by atoms with van der Waals surface area (Å²) < 4.78 is 5.32. The van der Waals surface area contributed by atoms with Crippen molar-refractivity contribution in [2.75, 3.05) is 33.3 Å². The summed E-state index contributed by atoms with van der Waals surface area (Å²) >= 11 is 0. The number of para-hydroxylation sites is 1. The average molecular weight is 386 g/mol. The van der Waals surface area contributed by atoms with E-state index >= 15 is 0 Å². The quantitative estimate of drug-likeness (QED) is 0.705. The van der Waals surface area contributed by atoms with Crippen molar-refractivity contribution >= 4 is 17.6 Å². The van der Waals surface area contributed by atoms with Gasteiger partial charge in [-0.15, -0.1) is 0 Å². The molecule has 0 spiro atoms. The summed E-state index contributed by atoms with van der Waals surface area (Å²) in [5, 5.41) is 0. The Hall–Kier alpha value is -2.37. The second-order valence-electron chi connectivity index (χ2n) is 7.68. The van der Waals surface area contributed by atoms with Crippen LogP contribution in [0, 0.1) is 5.92 Å². The van der Waals surface area contributed by atoms with Crippen LogP contribution in [0.2, 0.25) is 0 Å². The molecule has 1 aromatic carbocycles. The van der Waals surface area contributed by atoms with Crippen LogP contribution in [0.15, 0.2) is 24.3 Å². The van der Waals surface area contributed by atoms with E-state index in [1.54, 1.807) is 24.1 Å². The highest BCUT2D eigenvalue weighted by Gasteiger charge is 2.30. The van der Waals surface area contributed by atoms with Crippen molar-refractivity contribution < 1.29 is 19.1 Å². The maximum absolute atomic E-state index is 13.0. The van der Waals surface area contributed by atoms with Crippen LogP contribution < -0.4 is 4.74 Å². The molecule has 0 aliphatic carbocycles. The highest BCUT2D eigenvalue weighted by Crippen LogP contribution is 2.26. The van der Waals surface area contributed by atoms with Crippen molar-refractivity contribution in [3.8, 4) is 5.75 Å². The topological polar surface area (TPSA) is 66.9 Å². The highest BCUT2D eigenvalue weighted by atomic mass is 16.5. The van der Waals surface area contributed by atoms with Gasteiger partial charge in [0, 0.05) is 44.9 Å². The van der Waals surface area contributed by atoms with Crippen LogP contribution in [0.25, 0.3) is 0 Å². The molecule has 2 fully saturated rings. The number of ketones is 1. The van der Waals surface area contributed by atoms with Crippen molar-refractivity contribution in [3.63, 3.8) is 0 Å². The number of nitrogens with zero attached hydrogens (tertiary/aromatic N) is 2. The predicted octanol–water partition coefficient (Wildman–Crippen LogP) is 2.91. The number of likely N-dealkylation sites (tertiary alicyclic amines) is 2. The molecule has 1 atom stereocenters. The van der Waals surface area contributed by atoms with E-state index in [9.17, 15) is 14.4 Å². The van der Waals surface area contributed by atoms with Crippen LogP contribution in [0.5, 0.6) is 5.75 Å². The first kappa shape index (κ1) is 20.4. The van der Waals surface area contributed by atoms with Crippen molar-refractivity contribution in [1.82, 2.24) is 9.80 Å². The van der Waals surface area contributed by atoms with Gasteiger partial charge < -0.3 is 14.5 Å². The summed E-state index contributed by atoms with van der Waals surface area (Å²) in [6, 6.07) is 7.25. The summed E-state index contributed by atoms with van der Waals surface area (Å²) in [5.74, 6) is 0.616. The molecule has 6 heteroatoms. The van der Waals surface area contributed by atoms with Crippen LogP contribution in [-0.2, 0) is 9.59 Å². The summed E-state index contributed by atoms with van der Waals surface area (Å²) in [6.45, 7) is 2.37. The number of ether oxygens (including phenoxy) is 1. The number of hydrogen-bond donors (Lipinski definition) is 0. The van der Waals surface area contributed by atoms with Gasteiger partial charge in [0.25, 0.3) is 0 Å². The molecule has 1 aromatic rings. The first-order valence-electron chi connectivity index (χ1n) is 10.3. The maximum atomic E-state index is 13.0. The minimum absolute atomic E-state index is 0.0366. The Labute approximate surface area is 166 Å². The van der Waals surface area contributed by atoms with Crippen molar-refractivity contribution in [2.45, 2.75) is 44.9 Å². The minimum atomic E-state index is -0.200. The molecule has 2 saturated heterocycles. The van der Waals surface area contributed by atoms with Gasteiger partial charge in [0.1, 0.15) is 5.75 Å². The molecular weight excluding hydrogens is 356 g/mol. The van der Waals surface area contributed by atoms with Gasteiger partial charge in [-0.1, -0.05) is 18.6 Å². The average Bonchev–Trinajstić information content (AvgIpc) is 2.95. The molecule has 0 saturated carbocycles. The first-order valence-corrected chi connectivity index (χ1v) is 10.3. The SMILES string of the molecule is COc1ccccc1C(=O)C1CCCN(C(=O)CCN2CCCCCC2=O)C1. The van der Waals surface area contributed by atoms with E-state index in [2.05, 4.69) is 0 Å². The fourth-order valence-electron chi connectivity index (χ4n) is 4.15. The Bertz CT molecular complexity index is 718. The molecule has 3 rings (SSSR count). The maximum Gasteiger partial charge on any atom is 0.224 e. The summed E-state index contributed by atoms with van der Waals surface area (Å²) in [7, 11) is 1.56. The second kappa shape index (κ2) is 9.71. The Morgan fingerprint density at radius 2 is 1.93 bits per heavy atom. The van der Waals surface area contributed by atoms with Gasteiger partial charge in [0.2, 0.25) is 11.8 Å². The standard InChI is InChI=1S/C22H30N2O4/c1-28-19-10-5-4-9-18(19)22(27)17-8-7-14-24(16-17)21(26)12-15-23-13-6-2-3-11-20(23)25/h4-5,9-10,17H,2-3,6-8,11-16H2,1H3. The molecular formula is C22H30N2O4. The third-order valence-corrected chi connectivity index (χ3v) is 5.78. The number of piperidine rings is 1. The summed E-state index contributed by atoms with van der Waals surface area (Å²) in [6.07, 6.45) is 5.57. The Morgan fingerprint density at radius 3 is 2.75 bits per heavy atom. The van der Waals surface area contributed by atoms with Gasteiger partial charge >= 0.3 is 0 Å². The largest absolute Gasteiger partial charge is 0.496 e.